The lowest BCUT2D eigenvalue weighted by atomic mass is 9.98. The summed E-state index contributed by atoms with van der Waals surface area (Å²) in [5, 5.41) is 31.6. The first-order valence-corrected chi connectivity index (χ1v) is 32.9. The molecule has 1 aliphatic heterocycles. The number of ether oxygens (including phenoxy) is 5. The van der Waals surface area contributed by atoms with E-state index in [-0.39, 0.29) is 25.9 Å². The van der Waals surface area contributed by atoms with Gasteiger partial charge in [0, 0.05) is 19.3 Å². The molecule has 0 spiro atoms. The summed E-state index contributed by atoms with van der Waals surface area (Å²) >= 11 is 0. The third-order valence-corrected chi connectivity index (χ3v) is 14.4. The van der Waals surface area contributed by atoms with Gasteiger partial charge in [0.25, 0.3) is 0 Å². The number of aliphatic hydroxyl groups is 2. The van der Waals surface area contributed by atoms with Gasteiger partial charge in [0.1, 0.15) is 18.8 Å². The number of carboxylic acid groups (broad SMARTS) is 1. The van der Waals surface area contributed by atoms with Gasteiger partial charge in [-0.2, -0.15) is 0 Å². The van der Waals surface area contributed by atoms with E-state index < -0.39 is 67.3 Å². The molecule has 0 aromatic heterocycles. The third-order valence-electron chi connectivity index (χ3n) is 14.4. The number of hydrogen-bond donors (Lipinski definition) is 3. The fourth-order valence-electron chi connectivity index (χ4n) is 9.41. The number of hydrogen-bond acceptors (Lipinski definition) is 11. The van der Waals surface area contributed by atoms with Crippen molar-refractivity contribution in [2.24, 2.45) is 0 Å². The minimum atomic E-state index is -1.92. The van der Waals surface area contributed by atoms with Crippen molar-refractivity contribution < 1.29 is 58.2 Å². The minimum Gasteiger partial charge on any atom is -0.479 e. The molecule has 6 unspecified atom stereocenters. The van der Waals surface area contributed by atoms with Crippen molar-refractivity contribution in [1.82, 2.24) is 0 Å². The van der Waals surface area contributed by atoms with Crippen LogP contribution in [0.1, 0.15) is 265 Å². The van der Waals surface area contributed by atoms with Gasteiger partial charge >= 0.3 is 23.9 Å². The Kier molecular flexibility index (Phi) is 53.2. The summed E-state index contributed by atoms with van der Waals surface area (Å²) in [6.45, 7) is 5.72. The molecule has 0 aliphatic carbocycles. The van der Waals surface area contributed by atoms with Crippen molar-refractivity contribution in [2.45, 2.75) is 302 Å². The van der Waals surface area contributed by atoms with Crippen molar-refractivity contribution in [3.05, 3.63) is 109 Å². The first-order valence-electron chi connectivity index (χ1n) is 32.9. The standard InChI is InChI=1S/C71H116O12/c1-4-7-10-13-16-19-22-25-28-31-32-35-36-39-42-45-48-51-54-57-63(72)79-60-62(81-64(73)58-55-52-49-46-43-40-37-33-29-26-23-20-17-14-11-8-5-2)61-80-71-69(67(76)66(75)68(83-71)70(77)78)82-65(74)59-56-53-50-47-44-41-38-34-30-27-24-21-18-15-12-9-6-3/h7-8,10-11,16-17,19-20,25-26,28-29,32,35,39,42,48,51,62,66-69,71,75-76H,4-6,9,12-15,18,21-24,27,30-31,33-34,36-38,40-41,43-47,49-50,52-61H2,1-3H3,(H,77,78)/b10-7-,11-8-,19-16-,20-17-,28-25-,29-26-,35-32-,42-39-,51-48-. The molecule has 12 nitrogen and oxygen atoms in total. The van der Waals surface area contributed by atoms with E-state index in [9.17, 15) is 34.5 Å². The number of aliphatic carboxylic acids is 1. The molecule has 1 fully saturated rings. The highest BCUT2D eigenvalue weighted by Crippen LogP contribution is 2.27. The topological polar surface area (TPSA) is 175 Å². The zero-order valence-corrected chi connectivity index (χ0v) is 52.2. The molecule has 0 saturated carbocycles. The van der Waals surface area contributed by atoms with E-state index in [1.54, 1.807) is 0 Å². The molecular formula is C71H116O12. The van der Waals surface area contributed by atoms with Gasteiger partial charge in [0.05, 0.1) is 6.61 Å². The Morgan fingerprint density at radius 3 is 1.20 bits per heavy atom. The Bertz CT molecular complexity index is 1860. The van der Waals surface area contributed by atoms with Crippen LogP contribution in [0.5, 0.6) is 0 Å². The molecule has 3 N–H and O–H groups in total. The van der Waals surface area contributed by atoms with E-state index in [4.69, 9.17) is 23.7 Å². The Balaban J connectivity index is 2.71. The van der Waals surface area contributed by atoms with E-state index in [1.165, 1.54) is 77.0 Å². The van der Waals surface area contributed by atoms with Crippen LogP contribution in [0.15, 0.2) is 109 Å². The quantitative estimate of drug-likeness (QED) is 0.0228. The number of allylic oxidation sites excluding steroid dienone is 18. The lowest BCUT2D eigenvalue weighted by Gasteiger charge is -2.40. The van der Waals surface area contributed by atoms with Crippen molar-refractivity contribution in [2.75, 3.05) is 13.2 Å². The predicted octanol–water partition coefficient (Wildman–Crippen LogP) is 17.8. The monoisotopic (exact) mass is 1160 g/mol. The van der Waals surface area contributed by atoms with Gasteiger partial charge in [-0.05, 0) is 89.9 Å². The Hall–Kier alpha value is -4.62. The summed E-state index contributed by atoms with van der Waals surface area (Å²) in [4.78, 5) is 51.3. The Labute approximate surface area is 504 Å². The third kappa shape index (κ3) is 47.3. The average Bonchev–Trinajstić information content (AvgIpc) is 3.59. The van der Waals surface area contributed by atoms with Gasteiger partial charge in [-0.1, -0.05) is 265 Å². The molecule has 1 saturated heterocycles. The molecule has 0 aromatic carbocycles. The molecule has 1 heterocycles. The van der Waals surface area contributed by atoms with Crippen LogP contribution in [0.25, 0.3) is 0 Å². The SMILES string of the molecule is CC/C=C\C/C=C\C/C=C\C/C=C\C/C=C\C/C=C\CCC(=O)OCC(COC1OC(C(=O)O)C(O)C(O)C1OC(=O)CCCCCCCCCCCCCCCCCCC)OC(=O)CCCCCCCCC/C=C\C/C=C\C/C=C\CC. The molecule has 83 heavy (non-hydrogen) atoms. The van der Waals surface area contributed by atoms with Gasteiger partial charge in [-0.3, -0.25) is 14.4 Å². The van der Waals surface area contributed by atoms with Crippen LogP contribution in [0.2, 0.25) is 0 Å². The van der Waals surface area contributed by atoms with Crippen LogP contribution in [0.4, 0.5) is 0 Å². The predicted molar refractivity (Wildman–Crippen MR) is 340 cm³/mol. The summed E-state index contributed by atoms with van der Waals surface area (Å²) in [6.07, 6.45) is 66.3. The Morgan fingerprint density at radius 2 is 0.783 bits per heavy atom. The van der Waals surface area contributed by atoms with Gasteiger partial charge in [0.2, 0.25) is 0 Å². The van der Waals surface area contributed by atoms with Crippen molar-refractivity contribution in [1.29, 1.82) is 0 Å². The summed E-state index contributed by atoms with van der Waals surface area (Å²) in [5.41, 5.74) is 0. The summed E-state index contributed by atoms with van der Waals surface area (Å²) in [6, 6.07) is 0. The van der Waals surface area contributed by atoms with Crippen molar-refractivity contribution in [3.63, 3.8) is 0 Å². The number of carboxylic acids is 1. The van der Waals surface area contributed by atoms with Crippen molar-refractivity contribution >= 4 is 23.9 Å². The van der Waals surface area contributed by atoms with E-state index in [2.05, 4.69) is 118 Å². The summed E-state index contributed by atoms with van der Waals surface area (Å²) < 4.78 is 28.5. The molecule has 472 valence electrons. The van der Waals surface area contributed by atoms with Crippen LogP contribution < -0.4 is 0 Å². The number of rotatable bonds is 55. The number of carbonyl (C=O) groups is 4. The molecular weight excluding hydrogens is 1040 g/mol. The molecule has 0 bridgehead atoms. The molecule has 1 rings (SSSR count). The second-order valence-electron chi connectivity index (χ2n) is 22.0. The second-order valence-corrected chi connectivity index (χ2v) is 22.0. The number of carbonyl (C=O) groups excluding carboxylic acids is 3. The van der Waals surface area contributed by atoms with Crippen LogP contribution in [0.3, 0.4) is 0 Å². The second kappa shape index (κ2) is 57.8. The highest BCUT2D eigenvalue weighted by Gasteiger charge is 2.50. The van der Waals surface area contributed by atoms with Gasteiger partial charge in [-0.25, -0.2) is 4.79 Å². The maximum atomic E-state index is 13.2. The van der Waals surface area contributed by atoms with Crippen LogP contribution in [0, 0.1) is 0 Å². The molecule has 0 aromatic rings. The lowest BCUT2D eigenvalue weighted by Crippen LogP contribution is -2.61. The maximum Gasteiger partial charge on any atom is 0.335 e. The van der Waals surface area contributed by atoms with Gasteiger partial charge < -0.3 is 39.0 Å². The molecule has 6 atom stereocenters. The van der Waals surface area contributed by atoms with E-state index in [0.29, 0.717) is 19.3 Å². The number of unbranched alkanes of at least 4 members (excludes halogenated alkanes) is 23. The minimum absolute atomic E-state index is 0.0511. The summed E-state index contributed by atoms with van der Waals surface area (Å²) in [7, 11) is 0. The smallest absolute Gasteiger partial charge is 0.335 e. The van der Waals surface area contributed by atoms with E-state index in [1.807, 2.05) is 12.2 Å². The molecule has 0 amide bonds. The molecule has 1 aliphatic rings. The Morgan fingerprint density at radius 1 is 0.410 bits per heavy atom. The largest absolute Gasteiger partial charge is 0.479 e. The van der Waals surface area contributed by atoms with E-state index in [0.717, 1.165) is 128 Å². The summed E-state index contributed by atoms with van der Waals surface area (Å²) in [5.74, 6) is -3.24. The number of aliphatic hydroxyl groups excluding tert-OH is 2. The van der Waals surface area contributed by atoms with E-state index >= 15 is 0 Å². The average molecular weight is 1160 g/mol. The number of esters is 3. The highest BCUT2D eigenvalue weighted by molar-refractivity contribution is 5.74. The first kappa shape index (κ1) is 76.4. The zero-order valence-electron chi connectivity index (χ0n) is 52.2. The molecule has 0 radical (unpaired) electrons. The normalized spacial score (nSPS) is 18.3. The maximum absolute atomic E-state index is 13.2. The fraction of sp³-hybridized carbons (Fsp3) is 0.690. The van der Waals surface area contributed by atoms with Gasteiger partial charge in [0.15, 0.2) is 24.6 Å². The lowest BCUT2D eigenvalue weighted by molar-refractivity contribution is -0.301. The molecule has 12 heteroatoms. The van der Waals surface area contributed by atoms with Gasteiger partial charge in [-0.15, -0.1) is 0 Å². The van der Waals surface area contributed by atoms with Crippen molar-refractivity contribution in [3.8, 4) is 0 Å². The van der Waals surface area contributed by atoms with Crippen LogP contribution in [-0.2, 0) is 42.9 Å². The fourth-order valence-corrected chi connectivity index (χ4v) is 9.41. The van der Waals surface area contributed by atoms with Crippen LogP contribution >= 0.6 is 0 Å². The highest BCUT2D eigenvalue weighted by atomic mass is 16.7. The first-order chi connectivity index (χ1) is 40.6. The zero-order chi connectivity index (χ0) is 60.3. The van der Waals surface area contributed by atoms with Crippen LogP contribution in [-0.4, -0.2) is 89.2 Å².